The third-order valence-electron chi connectivity index (χ3n) is 3.24. The summed E-state index contributed by atoms with van der Waals surface area (Å²) < 4.78 is 27.5. The maximum Gasteiger partial charge on any atom is 0.250 e. The molecule has 1 N–H and O–H groups in total. The fourth-order valence-corrected chi connectivity index (χ4v) is 4.57. The number of hydrogen-bond acceptors (Lipinski definition) is 5. The van der Waals surface area contributed by atoms with E-state index in [1.54, 1.807) is 23.7 Å². The second-order valence-corrected chi connectivity index (χ2v) is 7.56. The van der Waals surface area contributed by atoms with Gasteiger partial charge in [-0.25, -0.2) is 18.1 Å². The Bertz CT molecular complexity index is 656. The van der Waals surface area contributed by atoms with E-state index in [-0.39, 0.29) is 6.04 Å². The molecular formula is C13H15N3O2S2. The predicted octanol–water partition coefficient (Wildman–Crippen LogP) is 1.70. The number of aromatic nitrogens is 1. The van der Waals surface area contributed by atoms with Gasteiger partial charge in [-0.3, -0.25) is 0 Å². The van der Waals surface area contributed by atoms with E-state index in [2.05, 4.69) is 14.6 Å². The molecule has 0 saturated carbocycles. The highest BCUT2D eigenvalue weighted by Crippen LogP contribution is 2.20. The van der Waals surface area contributed by atoms with Gasteiger partial charge in [0.2, 0.25) is 10.0 Å². The zero-order chi connectivity index (χ0) is 14.0. The lowest BCUT2D eigenvalue weighted by Gasteiger charge is -2.17. The van der Waals surface area contributed by atoms with E-state index in [1.165, 1.54) is 11.3 Å². The first kappa shape index (κ1) is 13.5. The molecule has 3 rings (SSSR count). The number of thiophene rings is 1. The first-order valence-electron chi connectivity index (χ1n) is 6.37. The van der Waals surface area contributed by atoms with Crippen molar-refractivity contribution in [3.8, 4) is 0 Å². The highest BCUT2D eigenvalue weighted by atomic mass is 32.2. The average molecular weight is 309 g/mol. The van der Waals surface area contributed by atoms with Crippen molar-refractivity contribution < 1.29 is 8.42 Å². The number of sulfonamides is 1. The van der Waals surface area contributed by atoms with Crippen molar-refractivity contribution >= 4 is 27.2 Å². The predicted molar refractivity (Wildman–Crippen MR) is 79.5 cm³/mol. The fraction of sp³-hybridized carbons (Fsp3) is 0.308. The molecule has 1 aliphatic rings. The number of pyridine rings is 1. The summed E-state index contributed by atoms with van der Waals surface area (Å²) in [7, 11) is -3.38. The van der Waals surface area contributed by atoms with Crippen LogP contribution in [-0.2, 0) is 10.0 Å². The monoisotopic (exact) mass is 309 g/mol. The van der Waals surface area contributed by atoms with E-state index in [0.717, 1.165) is 18.8 Å². The van der Waals surface area contributed by atoms with Crippen molar-refractivity contribution in [3.63, 3.8) is 0 Å². The van der Waals surface area contributed by atoms with Gasteiger partial charge in [-0.2, -0.15) is 0 Å². The van der Waals surface area contributed by atoms with Gasteiger partial charge in [-0.15, -0.1) is 11.3 Å². The minimum absolute atomic E-state index is 0.0656. The van der Waals surface area contributed by atoms with Crippen LogP contribution in [0.25, 0.3) is 0 Å². The van der Waals surface area contributed by atoms with Crippen LogP contribution in [-0.4, -0.2) is 32.5 Å². The lowest BCUT2D eigenvalue weighted by atomic mass is 10.3. The van der Waals surface area contributed by atoms with Crippen molar-refractivity contribution in [2.24, 2.45) is 0 Å². The molecule has 2 aromatic heterocycles. The molecule has 5 nitrogen and oxygen atoms in total. The molecule has 0 bridgehead atoms. The minimum atomic E-state index is -3.38. The van der Waals surface area contributed by atoms with Gasteiger partial charge in [0, 0.05) is 25.3 Å². The van der Waals surface area contributed by atoms with Gasteiger partial charge in [-0.05, 0) is 30.0 Å². The summed E-state index contributed by atoms with van der Waals surface area (Å²) in [6.45, 7) is 1.47. The van der Waals surface area contributed by atoms with Gasteiger partial charge in [0.15, 0.2) is 0 Å². The molecule has 1 saturated heterocycles. The van der Waals surface area contributed by atoms with Crippen molar-refractivity contribution in [2.45, 2.75) is 16.7 Å². The summed E-state index contributed by atoms with van der Waals surface area (Å²) in [5, 5.41) is 1.77. The number of nitrogens with zero attached hydrogens (tertiary/aromatic N) is 2. The molecule has 7 heteroatoms. The van der Waals surface area contributed by atoms with Gasteiger partial charge in [0.1, 0.15) is 10.0 Å². The van der Waals surface area contributed by atoms with Crippen LogP contribution in [0.15, 0.2) is 46.1 Å². The molecule has 0 aromatic carbocycles. The van der Waals surface area contributed by atoms with Gasteiger partial charge in [-0.1, -0.05) is 12.1 Å². The summed E-state index contributed by atoms with van der Waals surface area (Å²) in [5.41, 5.74) is 0. The summed E-state index contributed by atoms with van der Waals surface area (Å²) in [4.78, 5) is 6.39. The van der Waals surface area contributed by atoms with Gasteiger partial charge in [0.05, 0.1) is 0 Å². The standard InChI is InChI=1S/C13H15N3O2S2/c17-20(18,13-5-3-9-19-13)15-11-6-8-16(10-11)12-4-1-2-7-14-12/h1-5,7,9,11,15H,6,8,10H2. The number of hydrogen-bond donors (Lipinski definition) is 1. The van der Waals surface area contributed by atoms with Crippen LogP contribution in [0.2, 0.25) is 0 Å². The van der Waals surface area contributed by atoms with E-state index in [4.69, 9.17) is 0 Å². The second-order valence-electron chi connectivity index (χ2n) is 4.67. The number of nitrogens with one attached hydrogen (secondary N) is 1. The molecule has 1 fully saturated rings. The lowest BCUT2D eigenvalue weighted by Crippen LogP contribution is -2.36. The van der Waals surface area contributed by atoms with Crippen LogP contribution in [0.3, 0.4) is 0 Å². The average Bonchev–Trinajstić information content (AvgIpc) is 3.10. The molecule has 0 aliphatic carbocycles. The topological polar surface area (TPSA) is 62.3 Å². The lowest BCUT2D eigenvalue weighted by molar-refractivity contribution is 0.563. The van der Waals surface area contributed by atoms with E-state index in [9.17, 15) is 8.42 Å². The molecule has 1 atom stereocenters. The van der Waals surface area contributed by atoms with E-state index in [1.807, 2.05) is 18.2 Å². The Morgan fingerprint density at radius 3 is 2.90 bits per heavy atom. The SMILES string of the molecule is O=S(=O)(NC1CCN(c2ccccn2)C1)c1cccs1. The van der Waals surface area contributed by atoms with Crippen LogP contribution >= 0.6 is 11.3 Å². The smallest absolute Gasteiger partial charge is 0.250 e. The fourth-order valence-electron chi connectivity index (χ4n) is 2.30. The summed E-state index contributed by atoms with van der Waals surface area (Å²) >= 11 is 1.23. The normalized spacial score (nSPS) is 19.4. The third kappa shape index (κ3) is 2.84. The molecule has 0 spiro atoms. The van der Waals surface area contributed by atoms with Crippen molar-refractivity contribution in [1.82, 2.24) is 9.71 Å². The van der Waals surface area contributed by atoms with Crippen molar-refractivity contribution in [3.05, 3.63) is 41.9 Å². The van der Waals surface area contributed by atoms with Gasteiger partial charge in [0.25, 0.3) is 0 Å². The van der Waals surface area contributed by atoms with E-state index in [0.29, 0.717) is 10.8 Å². The Balaban J connectivity index is 1.67. The maximum atomic E-state index is 12.2. The molecule has 2 aromatic rings. The largest absolute Gasteiger partial charge is 0.355 e. The van der Waals surface area contributed by atoms with Crippen LogP contribution in [0.5, 0.6) is 0 Å². The van der Waals surface area contributed by atoms with E-state index < -0.39 is 10.0 Å². The zero-order valence-electron chi connectivity index (χ0n) is 10.8. The minimum Gasteiger partial charge on any atom is -0.355 e. The Hall–Kier alpha value is -1.44. The quantitative estimate of drug-likeness (QED) is 0.934. The zero-order valence-corrected chi connectivity index (χ0v) is 12.4. The first-order chi connectivity index (χ1) is 9.65. The third-order valence-corrected chi connectivity index (χ3v) is 6.16. The van der Waals surface area contributed by atoms with Crippen LogP contribution in [0.1, 0.15) is 6.42 Å². The van der Waals surface area contributed by atoms with E-state index >= 15 is 0 Å². The Kier molecular flexibility index (Phi) is 3.73. The van der Waals surface area contributed by atoms with Crippen LogP contribution in [0, 0.1) is 0 Å². The van der Waals surface area contributed by atoms with Crippen LogP contribution < -0.4 is 9.62 Å². The second kappa shape index (κ2) is 5.51. The number of rotatable bonds is 4. The molecule has 106 valence electrons. The Morgan fingerprint density at radius 1 is 1.30 bits per heavy atom. The molecule has 0 radical (unpaired) electrons. The summed E-state index contributed by atoms with van der Waals surface area (Å²) in [6.07, 6.45) is 2.54. The Labute approximate surface area is 122 Å². The van der Waals surface area contributed by atoms with Crippen molar-refractivity contribution in [2.75, 3.05) is 18.0 Å². The molecule has 0 amide bonds. The molecule has 20 heavy (non-hydrogen) atoms. The van der Waals surface area contributed by atoms with Gasteiger partial charge >= 0.3 is 0 Å². The molecule has 3 heterocycles. The van der Waals surface area contributed by atoms with Gasteiger partial charge < -0.3 is 4.90 Å². The van der Waals surface area contributed by atoms with Crippen molar-refractivity contribution in [1.29, 1.82) is 0 Å². The number of anilines is 1. The molecular weight excluding hydrogens is 294 g/mol. The maximum absolute atomic E-state index is 12.2. The first-order valence-corrected chi connectivity index (χ1v) is 8.73. The summed E-state index contributed by atoms with van der Waals surface area (Å²) in [6, 6.07) is 9.05. The molecule has 1 unspecified atom stereocenters. The highest BCUT2D eigenvalue weighted by molar-refractivity contribution is 7.91. The highest BCUT2D eigenvalue weighted by Gasteiger charge is 2.28. The summed E-state index contributed by atoms with van der Waals surface area (Å²) in [5.74, 6) is 0.894. The Morgan fingerprint density at radius 2 is 2.20 bits per heavy atom. The van der Waals surface area contributed by atoms with Crippen LogP contribution in [0.4, 0.5) is 5.82 Å². The molecule has 1 aliphatic heterocycles.